The van der Waals surface area contributed by atoms with E-state index in [0.29, 0.717) is 27.9 Å². The van der Waals surface area contributed by atoms with E-state index < -0.39 is 15.4 Å². The molecule has 1 aromatic heterocycles. The molecule has 1 aliphatic heterocycles. The lowest BCUT2D eigenvalue weighted by atomic mass is 9.80. The largest absolute Gasteiger partial charge is 0.480 e. The maximum absolute atomic E-state index is 14.9. The molecule has 31 heavy (non-hydrogen) atoms. The number of hydrogen-bond donors (Lipinski definition) is 1. The smallest absolute Gasteiger partial charge is 0.466 e. The van der Waals surface area contributed by atoms with Crippen molar-refractivity contribution in [1.82, 2.24) is 0 Å². The van der Waals surface area contributed by atoms with Crippen LogP contribution in [0.5, 0.6) is 0 Å². The summed E-state index contributed by atoms with van der Waals surface area (Å²) in [6, 6.07) is 9.44. The molecule has 0 aliphatic carbocycles. The number of aromatic nitrogens is 1. The molecule has 166 valence electrons. The Bertz CT molecular complexity index is 887. The highest BCUT2D eigenvalue weighted by atomic mass is 32.2. The Morgan fingerprint density at radius 3 is 2.71 bits per heavy atom. The second-order valence-corrected chi connectivity index (χ2v) is 13.1. The van der Waals surface area contributed by atoms with E-state index in [-0.39, 0.29) is 18.2 Å². The number of pyridine rings is 1. The first-order valence-electron chi connectivity index (χ1n) is 10.8. The van der Waals surface area contributed by atoms with E-state index in [2.05, 4.69) is 17.0 Å². The van der Waals surface area contributed by atoms with E-state index >= 15 is 0 Å². The van der Waals surface area contributed by atoms with Crippen molar-refractivity contribution in [3.8, 4) is 0 Å². The second kappa shape index (κ2) is 11.3. The van der Waals surface area contributed by atoms with Crippen molar-refractivity contribution in [2.75, 3.05) is 12.4 Å². The number of esters is 1. The molecular formula is C22H30BFNO4SSi+. The monoisotopic (exact) mass is 462 g/mol. The average molecular weight is 462 g/mol. The van der Waals surface area contributed by atoms with Crippen molar-refractivity contribution >= 4 is 43.8 Å². The SMILES string of the molecule is C[Si]1(C)OB(O)c2ccc(SCCC(=O)OCCCCCC[n+]3ccccc3)c(F)c21. The summed E-state index contributed by atoms with van der Waals surface area (Å²) in [6.45, 7) is 5.18. The Balaban J connectivity index is 1.30. The quantitative estimate of drug-likeness (QED) is 0.183. The van der Waals surface area contributed by atoms with Crippen LogP contribution in [-0.4, -0.2) is 38.8 Å². The van der Waals surface area contributed by atoms with Gasteiger partial charge in [-0.2, -0.15) is 0 Å². The molecule has 0 fully saturated rings. The lowest BCUT2D eigenvalue weighted by Gasteiger charge is -2.18. The molecular weight excluding hydrogens is 432 g/mol. The van der Waals surface area contributed by atoms with E-state index in [1.165, 1.54) is 11.8 Å². The fourth-order valence-corrected chi connectivity index (χ4v) is 7.08. The number of ether oxygens (including phenoxy) is 1. The van der Waals surface area contributed by atoms with Gasteiger partial charge in [-0.15, -0.1) is 11.8 Å². The molecule has 5 nitrogen and oxygen atoms in total. The first kappa shape index (κ1) is 24.0. The van der Waals surface area contributed by atoms with Crippen LogP contribution in [0.25, 0.3) is 0 Å². The molecule has 0 spiro atoms. The Labute approximate surface area is 189 Å². The van der Waals surface area contributed by atoms with Crippen LogP contribution in [-0.2, 0) is 20.4 Å². The Kier molecular flexibility index (Phi) is 8.71. The lowest BCUT2D eigenvalue weighted by molar-refractivity contribution is -0.697. The van der Waals surface area contributed by atoms with Gasteiger partial charge in [0.2, 0.25) is 8.32 Å². The van der Waals surface area contributed by atoms with E-state index in [1.807, 2.05) is 31.3 Å². The number of hydrogen-bond acceptors (Lipinski definition) is 5. The van der Waals surface area contributed by atoms with Gasteiger partial charge < -0.3 is 14.1 Å². The maximum atomic E-state index is 14.9. The zero-order chi connectivity index (χ0) is 22.3. The summed E-state index contributed by atoms with van der Waals surface area (Å²) in [6.07, 6.45) is 8.47. The van der Waals surface area contributed by atoms with Crippen LogP contribution in [0, 0.1) is 5.82 Å². The van der Waals surface area contributed by atoms with Crippen LogP contribution in [0.3, 0.4) is 0 Å². The number of aryl methyl sites for hydroxylation is 1. The zero-order valence-corrected chi connectivity index (χ0v) is 20.0. The van der Waals surface area contributed by atoms with E-state index in [1.54, 1.807) is 12.1 Å². The van der Waals surface area contributed by atoms with Crippen LogP contribution in [0.1, 0.15) is 32.1 Å². The highest BCUT2D eigenvalue weighted by molar-refractivity contribution is 7.99. The number of carbonyl (C=O) groups is 1. The van der Waals surface area contributed by atoms with Gasteiger partial charge in [0, 0.05) is 34.4 Å². The van der Waals surface area contributed by atoms with Crippen molar-refractivity contribution in [2.24, 2.45) is 0 Å². The minimum atomic E-state index is -2.44. The van der Waals surface area contributed by atoms with Crippen LogP contribution in [0.2, 0.25) is 13.1 Å². The number of thioether (sulfide) groups is 1. The number of nitrogens with zero attached hydrogens (tertiary/aromatic N) is 1. The molecule has 0 saturated heterocycles. The van der Waals surface area contributed by atoms with Crippen LogP contribution < -0.4 is 15.2 Å². The predicted octanol–water partition coefficient (Wildman–Crippen LogP) is 2.53. The van der Waals surface area contributed by atoms with Crippen molar-refractivity contribution in [1.29, 1.82) is 0 Å². The number of unbranched alkanes of at least 4 members (excludes halogenated alkanes) is 3. The minimum Gasteiger partial charge on any atom is -0.466 e. The maximum Gasteiger partial charge on any atom is 0.480 e. The zero-order valence-electron chi connectivity index (χ0n) is 18.2. The number of halogens is 1. The third-order valence-electron chi connectivity index (χ3n) is 5.33. The van der Waals surface area contributed by atoms with E-state index in [0.717, 1.165) is 32.2 Å². The Morgan fingerprint density at radius 2 is 1.94 bits per heavy atom. The highest BCUT2D eigenvalue weighted by Gasteiger charge is 2.45. The summed E-state index contributed by atoms with van der Waals surface area (Å²) < 4.78 is 28.0. The molecule has 3 rings (SSSR count). The van der Waals surface area contributed by atoms with Gasteiger partial charge in [-0.05, 0) is 43.9 Å². The van der Waals surface area contributed by atoms with Gasteiger partial charge in [-0.25, -0.2) is 8.96 Å². The topological polar surface area (TPSA) is 59.6 Å². The molecule has 1 N–H and O–H groups in total. The van der Waals surface area contributed by atoms with Gasteiger partial charge in [0.25, 0.3) is 0 Å². The molecule has 0 bridgehead atoms. The summed E-state index contributed by atoms with van der Waals surface area (Å²) in [7, 11) is -3.49. The van der Waals surface area contributed by atoms with Crippen molar-refractivity contribution in [3.63, 3.8) is 0 Å². The molecule has 0 saturated carbocycles. The third-order valence-corrected chi connectivity index (χ3v) is 8.89. The van der Waals surface area contributed by atoms with Crippen LogP contribution in [0.15, 0.2) is 47.6 Å². The molecule has 0 unspecified atom stereocenters. The van der Waals surface area contributed by atoms with Gasteiger partial charge >= 0.3 is 13.1 Å². The molecule has 0 atom stereocenters. The van der Waals surface area contributed by atoms with E-state index in [4.69, 9.17) is 9.08 Å². The Morgan fingerprint density at radius 1 is 1.19 bits per heavy atom. The van der Waals surface area contributed by atoms with Crippen LogP contribution >= 0.6 is 11.8 Å². The molecule has 1 aromatic carbocycles. The summed E-state index contributed by atoms with van der Waals surface area (Å²) in [4.78, 5) is 12.4. The Hall–Kier alpha value is -1.68. The van der Waals surface area contributed by atoms with Crippen molar-refractivity contribution in [2.45, 2.75) is 56.6 Å². The highest BCUT2D eigenvalue weighted by Crippen LogP contribution is 2.25. The molecule has 9 heteroatoms. The average Bonchev–Trinajstić information content (AvgIpc) is 2.98. The van der Waals surface area contributed by atoms with Crippen molar-refractivity contribution in [3.05, 3.63) is 48.5 Å². The summed E-state index contributed by atoms with van der Waals surface area (Å²) in [5, 5.41) is 10.5. The molecule has 0 amide bonds. The number of carbonyl (C=O) groups excluding carboxylic acids is 1. The molecule has 2 heterocycles. The first-order chi connectivity index (χ1) is 14.9. The minimum absolute atomic E-state index is 0.242. The summed E-state index contributed by atoms with van der Waals surface area (Å²) in [5.74, 6) is -0.117. The number of benzene rings is 1. The second-order valence-electron chi connectivity index (χ2n) is 8.17. The van der Waals surface area contributed by atoms with Gasteiger partial charge in [-0.3, -0.25) is 4.79 Å². The fraction of sp³-hybridized carbons (Fsp3) is 0.455. The molecule has 2 aromatic rings. The van der Waals surface area contributed by atoms with Gasteiger partial charge in [0.05, 0.1) is 13.0 Å². The lowest BCUT2D eigenvalue weighted by Crippen LogP contribution is -2.46. The first-order valence-corrected chi connectivity index (χ1v) is 14.7. The molecule has 0 radical (unpaired) electrons. The normalized spacial score (nSPS) is 14.5. The number of fused-ring (bicyclic) bond motifs is 1. The van der Waals surface area contributed by atoms with Gasteiger partial charge in [0.15, 0.2) is 12.4 Å². The van der Waals surface area contributed by atoms with Gasteiger partial charge in [-0.1, -0.05) is 12.1 Å². The molecule has 1 aliphatic rings. The number of rotatable bonds is 11. The van der Waals surface area contributed by atoms with Crippen LogP contribution in [0.4, 0.5) is 4.39 Å². The third kappa shape index (κ3) is 6.65. The van der Waals surface area contributed by atoms with E-state index in [9.17, 15) is 14.2 Å². The summed E-state index contributed by atoms with van der Waals surface area (Å²) >= 11 is 1.30. The van der Waals surface area contributed by atoms with Gasteiger partial charge in [0.1, 0.15) is 12.4 Å². The van der Waals surface area contributed by atoms with Crippen molar-refractivity contribution < 1.29 is 27.9 Å². The fourth-order valence-electron chi connectivity index (χ4n) is 3.74. The summed E-state index contributed by atoms with van der Waals surface area (Å²) in [5.41, 5.74) is 0.528. The predicted molar refractivity (Wildman–Crippen MR) is 124 cm³/mol. The standard InChI is InChI=1S/C22H30BFNO4SSi/c1-31(2)22-18(23(27)29-31)10-11-19(21(22)24)30-17-12-20(26)28-16-9-4-3-6-13-25-14-7-5-8-15-25/h5,7-8,10-11,14-15,27H,3-4,6,9,12-13,16-17H2,1-2H3/q+1.